The molecule has 0 saturated carbocycles. The molecule has 0 radical (unpaired) electrons. The van der Waals surface area contributed by atoms with E-state index < -0.39 is 0 Å². The van der Waals surface area contributed by atoms with Crippen molar-refractivity contribution in [3.05, 3.63) is 212 Å². The van der Waals surface area contributed by atoms with Gasteiger partial charge in [-0.25, -0.2) is 0 Å². The van der Waals surface area contributed by atoms with E-state index in [1.165, 1.54) is 21.5 Å². The van der Waals surface area contributed by atoms with Gasteiger partial charge in [0.05, 0.1) is 22.1 Å². The maximum Gasteiger partial charge on any atom is 0.145 e. The largest absolute Gasteiger partial charge is 0.456 e. The van der Waals surface area contributed by atoms with Crippen LogP contribution in [-0.4, -0.2) is 0 Å². The number of para-hydroxylation sites is 1. The third kappa shape index (κ3) is 5.44. The Balaban J connectivity index is 1.22. The van der Waals surface area contributed by atoms with Crippen molar-refractivity contribution in [3.8, 4) is 33.4 Å². The van der Waals surface area contributed by atoms with Gasteiger partial charge in [-0.15, -0.1) is 0 Å². The first-order valence-electron chi connectivity index (χ1n) is 20.1. The summed E-state index contributed by atoms with van der Waals surface area (Å²) in [5.41, 5.74) is 13.0. The van der Waals surface area contributed by atoms with Crippen LogP contribution in [0.15, 0.2) is 221 Å². The lowest BCUT2D eigenvalue weighted by atomic mass is 9.96. The maximum atomic E-state index is 7.08. The summed E-state index contributed by atoms with van der Waals surface area (Å²) in [7, 11) is 0. The zero-order chi connectivity index (χ0) is 38.9. The van der Waals surface area contributed by atoms with Gasteiger partial charge in [-0.2, -0.15) is 0 Å². The molecule has 276 valence electrons. The highest BCUT2D eigenvalue weighted by molar-refractivity contribution is 6.21. The van der Waals surface area contributed by atoms with E-state index >= 15 is 0 Å². The van der Waals surface area contributed by atoms with E-state index in [1.807, 2.05) is 6.07 Å². The number of hydrogen-bond donors (Lipinski definition) is 0. The summed E-state index contributed by atoms with van der Waals surface area (Å²) in [5, 5.41) is 9.03. The van der Waals surface area contributed by atoms with Crippen molar-refractivity contribution in [2.75, 3.05) is 4.90 Å². The number of nitrogens with zero attached hydrogens (tertiary/aromatic N) is 1. The Morgan fingerprint density at radius 2 is 0.915 bits per heavy atom. The first-order valence-corrected chi connectivity index (χ1v) is 20.1. The zero-order valence-corrected chi connectivity index (χ0v) is 32.0. The van der Waals surface area contributed by atoms with Crippen molar-refractivity contribution in [2.24, 2.45) is 0 Å². The lowest BCUT2D eigenvalue weighted by Gasteiger charge is -2.28. The minimum atomic E-state index is 0.834. The van der Waals surface area contributed by atoms with Crippen molar-refractivity contribution in [1.29, 1.82) is 0 Å². The topological polar surface area (TPSA) is 29.5 Å². The fourth-order valence-corrected chi connectivity index (χ4v) is 9.05. The average molecular weight is 754 g/mol. The van der Waals surface area contributed by atoms with Crippen LogP contribution in [0.25, 0.3) is 98.8 Å². The Morgan fingerprint density at radius 1 is 0.305 bits per heavy atom. The lowest BCUT2D eigenvalue weighted by Crippen LogP contribution is -2.11. The van der Waals surface area contributed by atoms with Gasteiger partial charge in [0, 0.05) is 22.0 Å². The van der Waals surface area contributed by atoms with Crippen molar-refractivity contribution in [1.82, 2.24) is 0 Å². The van der Waals surface area contributed by atoms with Crippen LogP contribution in [0, 0.1) is 0 Å². The van der Waals surface area contributed by atoms with Crippen molar-refractivity contribution in [3.63, 3.8) is 0 Å². The van der Waals surface area contributed by atoms with Gasteiger partial charge in [-0.3, -0.25) is 0 Å². The monoisotopic (exact) mass is 753 g/mol. The van der Waals surface area contributed by atoms with Crippen LogP contribution in [0.3, 0.4) is 0 Å². The molecule has 0 N–H and O–H groups in total. The Kier molecular flexibility index (Phi) is 7.54. The molecule has 12 aromatic rings. The molecule has 0 saturated heterocycles. The summed E-state index contributed by atoms with van der Waals surface area (Å²) in [6.07, 6.45) is 0. The average Bonchev–Trinajstić information content (AvgIpc) is 3.89. The van der Waals surface area contributed by atoms with Gasteiger partial charge in [0.1, 0.15) is 22.3 Å². The van der Waals surface area contributed by atoms with Crippen molar-refractivity contribution in [2.45, 2.75) is 0 Å². The molecule has 0 amide bonds. The van der Waals surface area contributed by atoms with Crippen LogP contribution in [0.2, 0.25) is 0 Å². The van der Waals surface area contributed by atoms with Gasteiger partial charge < -0.3 is 13.7 Å². The molecule has 10 aromatic carbocycles. The Labute approximate surface area is 340 Å². The van der Waals surface area contributed by atoms with Crippen LogP contribution in [0.4, 0.5) is 17.1 Å². The molecule has 12 rings (SSSR count). The van der Waals surface area contributed by atoms with Gasteiger partial charge in [0.2, 0.25) is 0 Å². The SMILES string of the molecule is c1ccc(-c2ccc3c(c2)oc2c(-c4ccccc4)ccc(N(c4ccc5ccc6ccccc6c5c4)c4cc(-c5ccccc5)cc5oc6ccccc6c45)c23)cc1. The standard InChI is InChI=1S/C56H35NO2/c1-4-14-36(15-5-1)41-27-29-47-52(33-41)59-56-45(38-18-8-3-9-19-38)30-31-49(55(47)56)57(43-28-26-40-25-24-39-20-10-11-21-44(39)48(40)35-43)50-32-42(37-16-6-2-7-17-37)34-53-54(50)46-22-12-13-23-51(46)58-53/h1-35H. The zero-order valence-electron chi connectivity index (χ0n) is 32.0. The fourth-order valence-electron chi connectivity index (χ4n) is 9.05. The Hall–Kier alpha value is -7.88. The van der Waals surface area contributed by atoms with E-state index in [9.17, 15) is 0 Å². The second kappa shape index (κ2) is 13.4. The van der Waals surface area contributed by atoms with Crippen molar-refractivity contribution < 1.29 is 8.83 Å². The summed E-state index contributed by atoms with van der Waals surface area (Å²) < 4.78 is 13.8. The predicted octanol–water partition coefficient (Wildman–Crippen LogP) is 16.3. The molecule has 3 heteroatoms. The molecular formula is C56H35NO2. The van der Waals surface area contributed by atoms with Crippen LogP contribution in [0.1, 0.15) is 0 Å². The van der Waals surface area contributed by atoms with Crippen LogP contribution in [0.5, 0.6) is 0 Å². The molecule has 0 unspecified atom stereocenters. The summed E-state index contributed by atoms with van der Waals surface area (Å²) in [6.45, 7) is 0. The normalized spacial score (nSPS) is 11.7. The van der Waals surface area contributed by atoms with E-state index in [0.29, 0.717) is 0 Å². The summed E-state index contributed by atoms with van der Waals surface area (Å²) in [5.74, 6) is 0. The highest BCUT2D eigenvalue weighted by Crippen LogP contribution is 2.51. The number of fused-ring (bicyclic) bond motifs is 9. The number of rotatable bonds is 6. The second-order valence-electron chi connectivity index (χ2n) is 15.2. The number of hydrogen-bond acceptors (Lipinski definition) is 3. The summed E-state index contributed by atoms with van der Waals surface area (Å²) >= 11 is 0. The molecule has 0 bridgehead atoms. The van der Waals surface area contributed by atoms with Crippen LogP contribution >= 0.6 is 0 Å². The molecule has 0 aliphatic heterocycles. The Bertz CT molecular complexity index is 3550. The minimum absolute atomic E-state index is 0.834. The molecule has 0 aliphatic rings. The summed E-state index contributed by atoms with van der Waals surface area (Å²) in [6, 6.07) is 75.7. The minimum Gasteiger partial charge on any atom is -0.456 e. The van der Waals surface area contributed by atoms with Gasteiger partial charge >= 0.3 is 0 Å². The number of furan rings is 2. The molecule has 0 aliphatic carbocycles. The molecule has 3 nitrogen and oxygen atoms in total. The van der Waals surface area contributed by atoms with Crippen molar-refractivity contribution >= 4 is 82.5 Å². The van der Waals surface area contributed by atoms with E-state index in [-0.39, 0.29) is 0 Å². The number of benzene rings is 10. The third-order valence-corrected chi connectivity index (χ3v) is 11.8. The van der Waals surface area contributed by atoms with E-state index in [0.717, 1.165) is 94.3 Å². The molecule has 59 heavy (non-hydrogen) atoms. The predicted molar refractivity (Wildman–Crippen MR) is 247 cm³/mol. The molecular weight excluding hydrogens is 719 g/mol. The van der Waals surface area contributed by atoms with E-state index in [2.05, 4.69) is 211 Å². The smallest absolute Gasteiger partial charge is 0.145 e. The quantitative estimate of drug-likeness (QED) is 0.158. The molecule has 2 heterocycles. The molecule has 2 aromatic heterocycles. The van der Waals surface area contributed by atoms with Gasteiger partial charge in [0.15, 0.2) is 0 Å². The highest BCUT2D eigenvalue weighted by atomic mass is 16.3. The van der Waals surface area contributed by atoms with Gasteiger partial charge in [-0.05, 0) is 104 Å². The number of anilines is 3. The fraction of sp³-hybridized carbons (Fsp3) is 0. The van der Waals surface area contributed by atoms with E-state index in [1.54, 1.807) is 0 Å². The molecule has 0 fully saturated rings. The summed E-state index contributed by atoms with van der Waals surface area (Å²) in [4.78, 5) is 2.44. The first-order chi connectivity index (χ1) is 29.2. The van der Waals surface area contributed by atoms with Gasteiger partial charge in [-0.1, -0.05) is 158 Å². The maximum absolute atomic E-state index is 7.08. The lowest BCUT2D eigenvalue weighted by molar-refractivity contribution is 0.669. The van der Waals surface area contributed by atoms with Crippen LogP contribution < -0.4 is 4.90 Å². The Morgan fingerprint density at radius 3 is 1.69 bits per heavy atom. The highest BCUT2D eigenvalue weighted by Gasteiger charge is 2.26. The first kappa shape index (κ1) is 33.3. The third-order valence-electron chi connectivity index (χ3n) is 11.8. The van der Waals surface area contributed by atoms with Crippen LogP contribution in [-0.2, 0) is 0 Å². The molecule has 0 atom stereocenters. The van der Waals surface area contributed by atoms with Gasteiger partial charge in [0.25, 0.3) is 0 Å². The second-order valence-corrected chi connectivity index (χ2v) is 15.2. The van der Waals surface area contributed by atoms with E-state index in [4.69, 9.17) is 8.83 Å². The molecule has 0 spiro atoms.